The molecule has 0 aliphatic heterocycles. The average Bonchev–Trinajstić information content (AvgIpc) is 2.94. The molecule has 0 radical (unpaired) electrons. The normalized spacial score (nSPS) is 12.0. The molecule has 2 aromatic rings. The molecule has 2 aromatic heterocycles. The average molecular weight is 333 g/mol. The van der Waals surface area contributed by atoms with E-state index in [1.807, 2.05) is 25.1 Å². The molecule has 2 rings (SSSR count). The van der Waals surface area contributed by atoms with Crippen LogP contribution in [0.4, 0.5) is 5.69 Å². The topological polar surface area (TPSA) is 76.3 Å². The van der Waals surface area contributed by atoms with Crippen molar-refractivity contribution in [1.29, 1.82) is 0 Å². The van der Waals surface area contributed by atoms with E-state index in [-0.39, 0.29) is 17.6 Å². The minimum atomic E-state index is -0.453. The molecular weight excluding hydrogens is 314 g/mol. The monoisotopic (exact) mass is 333 g/mol. The molecule has 0 bridgehead atoms. The van der Waals surface area contributed by atoms with Crippen molar-refractivity contribution in [3.63, 3.8) is 0 Å². The first kappa shape index (κ1) is 17.1. The summed E-state index contributed by atoms with van der Waals surface area (Å²) in [5, 5.41) is 11.0. The van der Waals surface area contributed by atoms with Crippen molar-refractivity contribution in [2.75, 3.05) is 7.05 Å². The van der Waals surface area contributed by atoms with Crippen LogP contribution < -0.4 is 0 Å². The van der Waals surface area contributed by atoms with E-state index >= 15 is 0 Å². The van der Waals surface area contributed by atoms with Crippen molar-refractivity contribution in [2.45, 2.75) is 32.7 Å². The number of rotatable bonds is 6. The second kappa shape index (κ2) is 7.32. The molecule has 0 aromatic carbocycles. The standard InChI is InChI=1S/C16H19N3O3S/c1-4-7-13(12-8-5-6-9-17-12)18(3)16(20)15-10-14(19(21)22)11(2)23-15/h5-6,8-10,13H,4,7H2,1-3H3/t13-/m0/s1. The molecule has 0 aliphatic rings. The van der Waals surface area contributed by atoms with Crippen molar-refractivity contribution in [3.8, 4) is 0 Å². The largest absolute Gasteiger partial charge is 0.332 e. The van der Waals surface area contributed by atoms with E-state index in [1.54, 1.807) is 25.1 Å². The Labute approximate surface area is 138 Å². The first-order chi connectivity index (χ1) is 11.0. The number of nitro groups is 1. The number of hydrogen-bond donors (Lipinski definition) is 0. The fourth-order valence-electron chi connectivity index (χ4n) is 2.46. The Morgan fingerprint density at radius 2 is 2.22 bits per heavy atom. The fraction of sp³-hybridized carbons (Fsp3) is 0.375. The molecule has 0 unspecified atom stereocenters. The van der Waals surface area contributed by atoms with E-state index < -0.39 is 4.92 Å². The molecule has 1 amide bonds. The van der Waals surface area contributed by atoms with Crippen LogP contribution in [0.25, 0.3) is 0 Å². The Morgan fingerprint density at radius 3 is 2.74 bits per heavy atom. The maximum absolute atomic E-state index is 12.7. The molecule has 7 heteroatoms. The number of carbonyl (C=O) groups is 1. The van der Waals surface area contributed by atoms with E-state index in [2.05, 4.69) is 4.98 Å². The Kier molecular flexibility index (Phi) is 5.44. The fourth-order valence-corrected chi connectivity index (χ4v) is 3.43. The highest BCUT2D eigenvalue weighted by Crippen LogP contribution is 2.31. The molecule has 1 atom stereocenters. The molecule has 0 saturated carbocycles. The highest BCUT2D eigenvalue weighted by Gasteiger charge is 2.26. The van der Waals surface area contributed by atoms with Gasteiger partial charge < -0.3 is 4.90 Å². The van der Waals surface area contributed by atoms with Crippen LogP contribution in [-0.2, 0) is 0 Å². The summed E-state index contributed by atoms with van der Waals surface area (Å²) in [6.07, 6.45) is 3.39. The van der Waals surface area contributed by atoms with E-state index in [4.69, 9.17) is 0 Å². The molecule has 0 saturated heterocycles. The Balaban J connectivity index is 2.29. The Bertz CT molecular complexity index is 700. The smallest absolute Gasteiger partial charge is 0.283 e. The van der Waals surface area contributed by atoms with E-state index in [9.17, 15) is 14.9 Å². The van der Waals surface area contributed by atoms with Gasteiger partial charge in [-0.1, -0.05) is 19.4 Å². The second-order valence-corrected chi connectivity index (χ2v) is 6.54. The predicted octanol–water partition coefficient (Wildman–Crippen LogP) is 3.97. The first-order valence-electron chi connectivity index (χ1n) is 7.38. The zero-order valence-electron chi connectivity index (χ0n) is 13.4. The van der Waals surface area contributed by atoms with Gasteiger partial charge in [-0.15, -0.1) is 11.3 Å². The number of thiophene rings is 1. The van der Waals surface area contributed by atoms with Crippen molar-refractivity contribution < 1.29 is 9.72 Å². The lowest BCUT2D eigenvalue weighted by atomic mass is 10.1. The van der Waals surface area contributed by atoms with Gasteiger partial charge in [0.2, 0.25) is 0 Å². The van der Waals surface area contributed by atoms with Crippen molar-refractivity contribution in [3.05, 3.63) is 56.0 Å². The SMILES string of the molecule is CCC[C@@H](c1ccccn1)N(C)C(=O)c1cc([N+](=O)[O-])c(C)s1. The van der Waals surface area contributed by atoms with Crippen LogP contribution in [0, 0.1) is 17.0 Å². The van der Waals surface area contributed by atoms with Crippen LogP contribution in [0.2, 0.25) is 0 Å². The Hall–Kier alpha value is -2.28. The summed E-state index contributed by atoms with van der Waals surface area (Å²) in [5.74, 6) is -0.213. The number of aryl methyl sites for hydroxylation is 1. The van der Waals surface area contributed by atoms with Gasteiger partial charge >= 0.3 is 0 Å². The zero-order valence-corrected chi connectivity index (χ0v) is 14.2. The molecule has 0 spiro atoms. The van der Waals surface area contributed by atoms with Crippen LogP contribution in [-0.4, -0.2) is 27.8 Å². The molecule has 0 aliphatic carbocycles. The van der Waals surface area contributed by atoms with Gasteiger partial charge in [0, 0.05) is 19.3 Å². The maximum Gasteiger partial charge on any atom is 0.283 e. The lowest BCUT2D eigenvalue weighted by molar-refractivity contribution is -0.385. The lowest BCUT2D eigenvalue weighted by Gasteiger charge is -2.27. The lowest BCUT2D eigenvalue weighted by Crippen LogP contribution is -2.31. The van der Waals surface area contributed by atoms with Gasteiger partial charge in [-0.3, -0.25) is 19.9 Å². The van der Waals surface area contributed by atoms with Crippen LogP contribution >= 0.6 is 11.3 Å². The summed E-state index contributed by atoms with van der Waals surface area (Å²) in [6, 6.07) is 6.84. The quantitative estimate of drug-likeness (QED) is 0.592. The highest BCUT2D eigenvalue weighted by molar-refractivity contribution is 7.14. The molecule has 6 nitrogen and oxygen atoms in total. The van der Waals surface area contributed by atoms with Crippen molar-refractivity contribution in [2.24, 2.45) is 0 Å². The van der Waals surface area contributed by atoms with Gasteiger partial charge in [-0.25, -0.2) is 0 Å². The van der Waals surface area contributed by atoms with Crippen LogP contribution in [0.15, 0.2) is 30.5 Å². The number of hydrogen-bond acceptors (Lipinski definition) is 5. The van der Waals surface area contributed by atoms with Gasteiger partial charge in [0.1, 0.15) is 0 Å². The van der Waals surface area contributed by atoms with Gasteiger partial charge in [0.15, 0.2) is 0 Å². The molecule has 0 fully saturated rings. The van der Waals surface area contributed by atoms with Gasteiger partial charge in [-0.2, -0.15) is 0 Å². The molecule has 122 valence electrons. The summed E-state index contributed by atoms with van der Waals surface area (Å²) in [5.41, 5.74) is 0.824. The predicted molar refractivity (Wildman–Crippen MR) is 89.7 cm³/mol. The Morgan fingerprint density at radius 1 is 1.48 bits per heavy atom. The molecule has 23 heavy (non-hydrogen) atoms. The number of carbonyl (C=O) groups excluding carboxylic acids is 1. The summed E-state index contributed by atoms with van der Waals surface area (Å²) in [4.78, 5) is 30.1. The van der Waals surface area contributed by atoms with E-state index in [0.29, 0.717) is 9.75 Å². The minimum Gasteiger partial charge on any atom is -0.332 e. The van der Waals surface area contributed by atoms with E-state index in [0.717, 1.165) is 29.9 Å². The number of nitrogens with zero attached hydrogens (tertiary/aromatic N) is 3. The van der Waals surface area contributed by atoms with Gasteiger partial charge in [-0.05, 0) is 25.5 Å². The van der Waals surface area contributed by atoms with Gasteiger partial charge in [0.25, 0.3) is 11.6 Å². The van der Waals surface area contributed by atoms with Gasteiger partial charge in [0.05, 0.1) is 26.4 Å². The van der Waals surface area contributed by atoms with E-state index in [1.165, 1.54) is 6.07 Å². The summed E-state index contributed by atoms with van der Waals surface area (Å²) in [6.45, 7) is 3.70. The highest BCUT2D eigenvalue weighted by atomic mass is 32.1. The summed E-state index contributed by atoms with van der Waals surface area (Å²) < 4.78 is 0. The molecular formula is C16H19N3O3S. The number of amides is 1. The third-order valence-electron chi connectivity index (χ3n) is 3.68. The summed E-state index contributed by atoms with van der Waals surface area (Å²) in [7, 11) is 1.72. The second-order valence-electron chi connectivity index (χ2n) is 5.28. The number of pyridine rings is 1. The number of aromatic nitrogens is 1. The van der Waals surface area contributed by atoms with Crippen molar-refractivity contribution >= 4 is 22.9 Å². The zero-order chi connectivity index (χ0) is 17.0. The first-order valence-corrected chi connectivity index (χ1v) is 8.20. The minimum absolute atomic E-state index is 0.00312. The van der Waals surface area contributed by atoms with Crippen LogP contribution in [0.3, 0.4) is 0 Å². The third kappa shape index (κ3) is 3.73. The summed E-state index contributed by atoms with van der Waals surface area (Å²) >= 11 is 1.16. The van der Waals surface area contributed by atoms with Crippen LogP contribution in [0.1, 0.15) is 46.0 Å². The van der Waals surface area contributed by atoms with Crippen LogP contribution in [0.5, 0.6) is 0 Å². The molecule has 0 N–H and O–H groups in total. The molecule has 2 heterocycles. The third-order valence-corrected chi connectivity index (χ3v) is 4.71. The van der Waals surface area contributed by atoms with Crippen molar-refractivity contribution in [1.82, 2.24) is 9.88 Å². The maximum atomic E-state index is 12.7.